The predicted octanol–water partition coefficient (Wildman–Crippen LogP) is 1.81. The zero-order valence-corrected chi connectivity index (χ0v) is 14.5. The molecular formula is C16H18N4O3S. The lowest BCUT2D eigenvalue weighted by Gasteiger charge is -2.07. The topological polar surface area (TPSA) is 93.1 Å². The van der Waals surface area contributed by atoms with Crippen molar-refractivity contribution in [3.63, 3.8) is 0 Å². The molecule has 7 nitrogen and oxygen atoms in total. The van der Waals surface area contributed by atoms with Crippen LogP contribution in [0.1, 0.15) is 44.9 Å². The Morgan fingerprint density at radius 1 is 1.29 bits per heavy atom. The Labute approximate surface area is 143 Å². The smallest absolute Gasteiger partial charge is 0.297 e. The second-order valence-electron chi connectivity index (χ2n) is 5.86. The van der Waals surface area contributed by atoms with Gasteiger partial charge in [-0.2, -0.15) is 5.10 Å². The standard InChI is InChI=1S/C16H18N4O3S/c1-8-12(9(2)20(3)19-8)13(21)15(23)18-16-11(6-7-24-16)14(22)17-10-4-5-10/h6-7,10H,4-5H2,1-3H3,(H,17,22)(H,18,23). The molecule has 2 amide bonds. The number of anilines is 1. The summed E-state index contributed by atoms with van der Waals surface area (Å²) in [5, 5.41) is 11.7. The van der Waals surface area contributed by atoms with Gasteiger partial charge in [-0.1, -0.05) is 0 Å². The number of Topliss-reactive ketones (excluding diaryl/α,β-unsaturated/α-hetero) is 1. The highest BCUT2D eigenvalue weighted by Crippen LogP contribution is 2.26. The van der Waals surface area contributed by atoms with Crippen molar-refractivity contribution in [2.75, 3.05) is 5.32 Å². The molecule has 0 spiro atoms. The number of ketones is 1. The molecule has 0 bridgehead atoms. The molecule has 3 rings (SSSR count). The number of nitrogens with zero attached hydrogens (tertiary/aromatic N) is 2. The Morgan fingerprint density at radius 3 is 2.58 bits per heavy atom. The SMILES string of the molecule is Cc1nn(C)c(C)c1C(=O)C(=O)Nc1sccc1C(=O)NC1CC1. The monoisotopic (exact) mass is 346 g/mol. The molecule has 0 unspecified atom stereocenters. The van der Waals surface area contributed by atoms with Crippen molar-refractivity contribution in [1.29, 1.82) is 0 Å². The van der Waals surface area contributed by atoms with Crippen molar-refractivity contribution in [2.45, 2.75) is 32.7 Å². The first-order chi connectivity index (χ1) is 11.4. The van der Waals surface area contributed by atoms with Gasteiger partial charge in [-0.25, -0.2) is 0 Å². The van der Waals surface area contributed by atoms with E-state index < -0.39 is 11.7 Å². The first-order valence-electron chi connectivity index (χ1n) is 7.62. The summed E-state index contributed by atoms with van der Waals surface area (Å²) in [6.07, 6.45) is 1.96. The number of hydrogen-bond acceptors (Lipinski definition) is 5. The summed E-state index contributed by atoms with van der Waals surface area (Å²) in [4.78, 5) is 36.9. The van der Waals surface area contributed by atoms with Crippen LogP contribution in [0.25, 0.3) is 0 Å². The summed E-state index contributed by atoms with van der Waals surface area (Å²) in [5.74, 6) is -1.65. The average molecular weight is 346 g/mol. The van der Waals surface area contributed by atoms with Gasteiger partial charge in [0, 0.05) is 18.8 Å². The summed E-state index contributed by atoms with van der Waals surface area (Å²) in [6.45, 7) is 3.42. The van der Waals surface area contributed by atoms with Crippen LogP contribution in [0.5, 0.6) is 0 Å². The fourth-order valence-electron chi connectivity index (χ4n) is 2.45. The minimum Gasteiger partial charge on any atom is -0.349 e. The molecule has 2 aromatic heterocycles. The molecule has 1 saturated carbocycles. The largest absolute Gasteiger partial charge is 0.349 e. The molecule has 0 aromatic carbocycles. The summed E-state index contributed by atoms with van der Waals surface area (Å²) < 4.78 is 1.56. The Kier molecular flexibility index (Phi) is 4.23. The van der Waals surface area contributed by atoms with E-state index in [1.807, 2.05) is 0 Å². The second kappa shape index (κ2) is 6.20. The zero-order valence-electron chi connectivity index (χ0n) is 13.7. The van der Waals surface area contributed by atoms with E-state index in [0.29, 0.717) is 27.5 Å². The van der Waals surface area contributed by atoms with Crippen LogP contribution in [-0.2, 0) is 11.8 Å². The number of hydrogen-bond donors (Lipinski definition) is 2. The van der Waals surface area contributed by atoms with Gasteiger partial charge < -0.3 is 10.6 Å². The molecule has 126 valence electrons. The van der Waals surface area contributed by atoms with Crippen molar-refractivity contribution in [1.82, 2.24) is 15.1 Å². The lowest BCUT2D eigenvalue weighted by atomic mass is 10.1. The minimum atomic E-state index is -0.767. The van der Waals surface area contributed by atoms with Gasteiger partial charge in [-0.15, -0.1) is 11.3 Å². The fourth-order valence-corrected chi connectivity index (χ4v) is 3.23. The van der Waals surface area contributed by atoms with Gasteiger partial charge >= 0.3 is 0 Å². The summed E-state index contributed by atoms with van der Waals surface area (Å²) >= 11 is 1.21. The van der Waals surface area contributed by atoms with Crippen LogP contribution < -0.4 is 10.6 Å². The van der Waals surface area contributed by atoms with E-state index in [-0.39, 0.29) is 11.9 Å². The molecule has 2 heterocycles. The molecular weight excluding hydrogens is 328 g/mol. The highest BCUT2D eigenvalue weighted by Gasteiger charge is 2.28. The normalized spacial score (nSPS) is 13.6. The Morgan fingerprint density at radius 2 is 2.00 bits per heavy atom. The molecule has 2 N–H and O–H groups in total. The van der Waals surface area contributed by atoms with Gasteiger partial charge in [-0.3, -0.25) is 19.1 Å². The van der Waals surface area contributed by atoms with Crippen LogP contribution in [0.15, 0.2) is 11.4 Å². The zero-order chi connectivity index (χ0) is 17.4. The summed E-state index contributed by atoms with van der Waals surface area (Å²) in [5.41, 5.74) is 1.82. The Bertz CT molecular complexity index is 832. The third kappa shape index (κ3) is 3.09. The van der Waals surface area contributed by atoms with E-state index >= 15 is 0 Å². The van der Waals surface area contributed by atoms with E-state index in [1.54, 1.807) is 37.0 Å². The second-order valence-corrected chi connectivity index (χ2v) is 6.78. The lowest BCUT2D eigenvalue weighted by Crippen LogP contribution is -2.28. The van der Waals surface area contributed by atoms with Crippen LogP contribution in [0.3, 0.4) is 0 Å². The van der Waals surface area contributed by atoms with E-state index in [1.165, 1.54) is 11.3 Å². The molecule has 1 aliphatic rings. The Balaban J connectivity index is 1.76. The molecule has 24 heavy (non-hydrogen) atoms. The van der Waals surface area contributed by atoms with Crippen molar-refractivity contribution in [3.05, 3.63) is 34.0 Å². The van der Waals surface area contributed by atoms with Gasteiger partial charge in [-0.05, 0) is 38.1 Å². The number of amides is 2. The van der Waals surface area contributed by atoms with Crippen molar-refractivity contribution in [3.8, 4) is 0 Å². The van der Waals surface area contributed by atoms with E-state index in [9.17, 15) is 14.4 Å². The van der Waals surface area contributed by atoms with Crippen LogP contribution in [0, 0.1) is 13.8 Å². The number of carbonyl (C=O) groups is 3. The number of nitrogens with one attached hydrogen (secondary N) is 2. The molecule has 2 aromatic rings. The molecule has 0 atom stereocenters. The number of carbonyl (C=O) groups excluding carboxylic acids is 3. The van der Waals surface area contributed by atoms with E-state index in [4.69, 9.17) is 0 Å². The van der Waals surface area contributed by atoms with Crippen molar-refractivity contribution >= 4 is 33.9 Å². The van der Waals surface area contributed by atoms with Crippen LogP contribution in [-0.4, -0.2) is 33.4 Å². The number of rotatable bonds is 5. The van der Waals surface area contributed by atoms with Crippen LogP contribution in [0.2, 0.25) is 0 Å². The fraction of sp³-hybridized carbons (Fsp3) is 0.375. The van der Waals surface area contributed by atoms with Crippen molar-refractivity contribution < 1.29 is 14.4 Å². The van der Waals surface area contributed by atoms with E-state index in [2.05, 4.69) is 15.7 Å². The molecule has 1 aliphatic carbocycles. The quantitative estimate of drug-likeness (QED) is 0.638. The highest BCUT2D eigenvalue weighted by atomic mass is 32.1. The van der Waals surface area contributed by atoms with Gasteiger partial charge in [0.1, 0.15) is 5.00 Å². The van der Waals surface area contributed by atoms with Gasteiger partial charge in [0.25, 0.3) is 17.6 Å². The van der Waals surface area contributed by atoms with Gasteiger partial charge in [0.05, 0.1) is 16.8 Å². The third-order valence-electron chi connectivity index (χ3n) is 3.99. The molecule has 8 heteroatoms. The maximum atomic E-state index is 12.4. The summed E-state index contributed by atoms with van der Waals surface area (Å²) in [7, 11) is 1.72. The average Bonchev–Trinajstić information content (AvgIpc) is 3.14. The highest BCUT2D eigenvalue weighted by molar-refractivity contribution is 7.14. The van der Waals surface area contributed by atoms with Crippen molar-refractivity contribution in [2.24, 2.45) is 7.05 Å². The first kappa shape index (κ1) is 16.4. The molecule has 1 fully saturated rings. The maximum absolute atomic E-state index is 12.4. The van der Waals surface area contributed by atoms with Crippen LogP contribution >= 0.6 is 11.3 Å². The summed E-state index contributed by atoms with van der Waals surface area (Å²) in [6, 6.07) is 1.87. The maximum Gasteiger partial charge on any atom is 0.297 e. The molecule has 0 radical (unpaired) electrons. The van der Waals surface area contributed by atoms with Crippen LogP contribution in [0.4, 0.5) is 5.00 Å². The predicted molar refractivity (Wildman–Crippen MR) is 90.4 cm³/mol. The lowest BCUT2D eigenvalue weighted by molar-refractivity contribution is -0.112. The minimum absolute atomic E-state index is 0.225. The third-order valence-corrected chi connectivity index (χ3v) is 4.82. The Hall–Kier alpha value is -2.48. The number of thiophene rings is 1. The molecule has 0 saturated heterocycles. The number of aryl methyl sites for hydroxylation is 2. The first-order valence-corrected chi connectivity index (χ1v) is 8.50. The van der Waals surface area contributed by atoms with Gasteiger partial charge in [0.2, 0.25) is 0 Å². The van der Waals surface area contributed by atoms with Gasteiger partial charge in [0.15, 0.2) is 0 Å². The van der Waals surface area contributed by atoms with E-state index in [0.717, 1.165) is 12.8 Å². The number of aromatic nitrogens is 2. The molecule has 0 aliphatic heterocycles.